The molecule has 2 aliphatic carbocycles. The lowest BCUT2D eigenvalue weighted by atomic mass is 9.66. The standard InChI is InChI=1S/C41H63F3O7Si2/c1-13-34(47-29-16-14-15-28(22-29)41(42,43)44)38(46)49-35-24-31(50-52(9,10)39(3,4)5)21-27-18-17-26(2)33(37(27)35)20-19-30-23-32(25-36(45)48-30)51-53(11,12)40(6,7)8/h14-18,21-22,26,30-35,37H,13,19-20,23-25H2,1-12H3/t26?,30-,31?,32-,33?,34+,35?,37?/m1/s1. The lowest BCUT2D eigenvalue weighted by Crippen LogP contribution is -2.49. The summed E-state index contributed by atoms with van der Waals surface area (Å²) < 4.78 is 72.0. The monoisotopic (exact) mass is 780 g/mol. The maximum absolute atomic E-state index is 13.9. The minimum absolute atomic E-state index is 0.0188. The van der Waals surface area contributed by atoms with Crippen LogP contribution in [0.4, 0.5) is 13.2 Å². The van der Waals surface area contributed by atoms with Gasteiger partial charge in [-0.25, -0.2) is 4.79 Å². The van der Waals surface area contributed by atoms with Gasteiger partial charge >= 0.3 is 18.1 Å². The van der Waals surface area contributed by atoms with Crippen molar-refractivity contribution in [2.45, 2.75) is 167 Å². The van der Waals surface area contributed by atoms with Gasteiger partial charge in [0.15, 0.2) is 22.7 Å². The number of allylic oxidation sites excluding steroid dienone is 2. The summed E-state index contributed by atoms with van der Waals surface area (Å²) in [4.78, 5) is 26.7. The van der Waals surface area contributed by atoms with Gasteiger partial charge in [0.25, 0.3) is 0 Å². The summed E-state index contributed by atoms with van der Waals surface area (Å²) in [5.41, 5.74) is 0.200. The topological polar surface area (TPSA) is 80.3 Å². The molecule has 0 radical (unpaired) electrons. The number of alkyl halides is 3. The summed E-state index contributed by atoms with van der Waals surface area (Å²) in [6, 6.07) is 4.56. The van der Waals surface area contributed by atoms with Gasteiger partial charge in [-0.1, -0.05) is 79.7 Å². The number of rotatable bonds is 12. The van der Waals surface area contributed by atoms with Crippen LogP contribution in [0.3, 0.4) is 0 Å². The first-order valence-corrected chi connectivity index (χ1v) is 25.1. The smallest absolute Gasteiger partial charge is 0.416 e. The zero-order chi connectivity index (χ0) is 39.7. The van der Waals surface area contributed by atoms with Crippen molar-refractivity contribution >= 4 is 28.6 Å². The first-order valence-electron chi connectivity index (χ1n) is 19.3. The highest BCUT2D eigenvalue weighted by Gasteiger charge is 2.47. The Morgan fingerprint density at radius 2 is 1.60 bits per heavy atom. The molecule has 3 aliphatic rings. The van der Waals surface area contributed by atoms with E-state index in [1.54, 1.807) is 6.92 Å². The summed E-state index contributed by atoms with van der Waals surface area (Å²) >= 11 is 0. The van der Waals surface area contributed by atoms with Gasteiger partial charge in [0.1, 0.15) is 18.0 Å². The molecule has 1 fully saturated rings. The zero-order valence-electron chi connectivity index (χ0n) is 33.9. The predicted octanol–water partition coefficient (Wildman–Crippen LogP) is 10.8. The van der Waals surface area contributed by atoms with Crippen LogP contribution in [-0.4, -0.2) is 59.1 Å². The number of carbonyl (C=O) groups excluding carboxylic acids is 2. The van der Waals surface area contributed by atoms with Crippen LogP contribution in [0.5, 0.6) is 5.75 Å². The van der Waals surface area contributed by atoms with Crippen molar-refractivity contribution in [3.05, 3.63) is 53.6 Å². The molecular weight excluding hydrogens is 718 g/mol. The predicted molar refractivity (Wildman–Crippen MR) is 207 cm³/mol. The molecule has 0 N–H and O–H groups in total. The third-order valence-electron chi connectivity index (χ3n) is 12.3. The van der Waals surface area contributed by atoms with Crippen molar-refractivity contribution in [2.75, 3.05) is 0 Å². The fraction of sp³-hybridized carbons (Fsp3) is 0.707. The van der Waals surface area contributed by atoms with Crippen LogP contribution in [0.2, 0.25) is 36.3 Å². The molecule has 1 aromatic rings. The Balaban J connectivity index is 1.58. The minimum Gasteiger partial charge on any atom is -0.479 e. The normalized spacial score (nSPS) is 27.7. The van der Waals surface area contributed by atoms with Crippen molar-refractivity contribution in [2.24, 2.45) is 17.8 Å². The molecular formula is C41H63F3O7Si2. The first-order chi connectivity index (χ1) is 24.3. The number of benzene rings is 1. The molecule has 1 aliphatic heterocycles. The molecule has 12 heteroatoms. The SMILES string of the molecule is CC[C@H](Oc1cccc(C(F)(F)F)c1)C(=O)OC1CC(O[Si](C)(C)C(C)(C)C)C=C2C=CC(C)C(CC[C@@H]3C[C@@H](O[Si](C)(C)C(C)(C)C)CC(=O)O3)C21. The van der Waals surface area contributed by atoms with E-state index in [1.807, 2.05) is 0 Å². The Bertz CT molecular complexity index is 1510. The molecule has 53 heavy (non-hydrogen) atoms. The third kappa shape index (κ3) is 10.9. The molecule has 4 rings (SSSR count). The molecule has 1 aromatic carbocycles. The highest BCUT2D eigenvalue weighted by atomic mass is 28.4. The maximum atomic E-state index is 13.9. The lowest BCUT2D eigenvalue weighted by molar-refractivity contribution is -0.164. The van der Waals surface area contributed by atoms with Crippen LogP contribution in [0.1, 0.15) is 99.5 Å². The molecule has 298 valence electrons. The van der Waals surface area contributed by atoms with Crippen molar-refractivity contribution in [3.8, 4) is 5.75 Å². The van der Waals surface area contributed by atoms with Crippen molar-refractivity contribution < 1.29 is 45.8 Å². The van der Waals surface area contributed by atoms with E-state index in [2.05, 4.69) is 92.9 Å². The Morgan fingerprint density at radius 3 is 2.21 bits per heavy atom. The zero-order valence-corrected chi connectivity index (χ0v) is 35.9. The molecule has 1 saturated heterocycles. The van der Waals surface area contributed by atoms with E-state index in [4.69, 9.17) is 23.1 Å². The molecule has 0 amide bonds. The number of halogens is 3. The van der Waals surface area contributed by atoms with E-state index in [0.29, 0.717) is 19.3 Å². The molecule has 7 nitrogen and oxygen atoms in total. The van der Waals surface area contributed by atoms with Crippen LogP contribution in [0, 0.1) is 17.8 Å². The van der Waals surface area contributed by atoms with Crippen molar-refractivity contribution in [3.63, 3.8) is 0 Å². The van der Waals surface area contributed by atoms with Crippen LogP contribution in [-0.2, 0) is 34.1 Å². The van der Waals surface area contributed by atoms with E-state index >= 15 is 0 Å². The maximum Gasteiger partial charge on any atom is 0.416 e. The highest BCUT2D eigenvalue weighted by molar-refractivity contribution is 6.74. The molecule has 0 bridgehead atoms. The largest absolute Gasteiger partial charge is 0.479 e. The molecule has 0 saturated carbocycles. The number of carbonyl (C=O) groups is 2. The summed E-state index contributed by atoms with van der Waals surface area (Å²) in [6.45, 7) is 25.8. The second-order valence-electron chi connectivity index (χ2n) is 18.4. The molecule has 8 atom stereocenters. The van der Waals surface area contributed by atoms with E-state index in [9.17, 15) is 22.8 Å². The van der Waals surface area contributed by atoms with Gasteiger partial charge in [-0.05, 0) is 91.1 Å². The van der Waals surface area contributed by atoms with Gasteiger partial charge in [-0.3, -0.25) is 4.79 Å². The third-order valence-corrected chi connectivity index (χ3v) is 21.3. The quantitative estimate of drug-likeness (QED) is 0.154. The van der Waals surface area contributed by atoms with Crippen molar-refractivity contribution in [1.82, 2.24) is 0 Å². The van der Waals surface area contributed by atoms with Crippen LogP contribution >= 0.6 is 0 Å². The average molecular weight is 781 g/mol. The van der Waals surface area contributed by atoms with E-state index in [-0.39, 0.29) is 70.7 Å². The van der Waals surface area contributed by atoms with Crippen LogP contribution in [0.25, 0.3) is 0 Å². The Labute approximate surface area is 317 Å². The molecule has 0 aromatic heterocycles. The van der Waals surface area contributed by atoms with Gasteiger partial charge in [0.2, 0.25) is 0 Å². The van der Waals surface area contributed by atoms with E-state index in [0.717, 1.165) is 24.1 Å². The second kappa shape index (κ2) is 16.4. The molecule has 1 heterocycles. The summed E-state index contributed by atoms with van der Waals surface area (Å²) in [5, 5.41) is -0.0192. The fourth-order valence-corrected chi connectivity index (χ4v) is 9.76. The van der Waals surface area contributed by atoms with Gasteiger partial charge in [-0.2, -0.15) is 13.2 Å². The number of hydrogen-bond donors (Lipinski definition) is 0. The summed E-state index contributed by atoms with van der Waals surface area (Å²) in [7, 11) is -4.31. The highest BCUT2D eigenvalue weighted by Crippen LogP contribution is 2.47. The van der Waals surface area contributed by atoms with Crippen molar-refractivity contribution in [1.29, 1.82) is 0 Å². The summed E-state index contributed by atoms with van der Waals surface area (Å²) in [6.07, 6.45) is 2.52. The number of cyclic esters (lactones) is 1. The van der Waals surface area contributed by atoms with Gasteiger partial charge in [0, 0.05) is 18.8 Å². The van der Waals surface area contributed by atoms with E-state index in [1.165, 1.54) is 12.1 Å². The summed E-state index contributed by atoms with van der Waals surface area (Å²) in [5.74, 6) is -0.820. The van der Waals surface area contributed by atoms with Crippen LogP contribution in [0.15, 0.2) is 48.1 Å². The first kappa shape index (κ1) is 43.3. The van der Waals surface area contributed by atoms with Gasteiger partial charge in [-0.15, -0.1) is 0 Å². The number of ether oxygens (including phenoxy) is 3. The number of hydrogen-bond acceptors (Lipinski definition) is 7. The van der Waals surface area contributed by atoms with E-state index < -0.39 is 46.6 Å². The van der Waals surface area contributed by atoms with Crippen LogP contribution < -0.4 is 4.74 Å². The number of esters is 2. The average Bonchev–Trinajstić information content (AvgIpc) is 3.01. The minimum atomic E-state index is -4.54. The Morgan fingerprint density at radius 1 is 0.962 bits per heavy atom. The molecule has 0 spiro atoms. The molecule has 5 unspecified atom stereocenters. The van der Waals surface area contributed by atoms with Gasteiger partial charge in [0.05, 0.1) is 24.2 Å². The fourth-order valence-electron chi connectivity index (χ4n) is 7.12. The number of fused-ring (bicyclic) bond motifs is 1. The lowest BCUT2D eigenvalue weighted by Gasteiger charge is -2.46. The van der Waals surface area contributed by atoms with Gasteiger partial charge < -0.3 is 23.1 Å². The Kier molecular flexibility index (Phi) is 13.4. The second-order valence-corrected chi connectivity index (χ2v) is 27.9. The Hall–Kier alpha value is -2.42.